The number of halogens is 3. The number of hydrogen-bond donors (Lipinski definition) is 1. The van der Waals surface area contributed by atoms with Gasteiger partial charge in [-0.1, -0.05) is 67.4 Å². The molecule has 0 aliphatic rings. The third-order valence-corrected chi connectivity index (χ3v) is 8.75. The van der Waals surface area contributed by atoms with Crippen molar-refractivity contribution < 1.29 is 22.4 Å². The summed E-state index contributed by atoms with van der Waals surface area (Å²) in [7, 11) is -4.26. The van der Waals surface area contributed by atoms with Crippen molar-refractivity contribution in [1.82, 2.24) is 10.2 Å². The summed E-state index contributed by atoms with van der Waals surface area (Å²) >= 11 is 12.5. The molecule has 2 atom stereocenters. The van der Waals surface area contributed by atoms with Crippen LogP contribution in [-0.4, -0.2) is 43.8 Å². The summed E-state index contributed by atoms with van der Waals surface area (Å²) in [6, 6.07) is 16.5. The van der Waals surface area contributed by atoms with Crippen molar-refractivity contribution in [3.63, 3.8) is 0 Å². The second-order valence-corrected chi connectivity index (χ2v) is 12.0. The van der Waals surface area contributed by atoms with Crippen LogP contribution >= 0.6 is 23.2 Å². The van der Waals surface area contributed by atoms with Gasteiger partial charge in [-0.2, -0.15) is 0 Å². The van der Waals surface area contributed by atoms with E-state index in [2.05, 4.69) is 5.32 Å². The van der Waals surface area contributed by atoms with Gasteiger partial charge in [0, 0.05) is 17.6 Å². The van der Waals surface area contributed by atoms with Crippen LogP contribution in [0.5, 0.6) is 0 Å². The lowest BCUT2D eigenvalue weighted by atomic mass is 10.1. The summed E-state index contributed by atoms with van der Waals surface area (Å²) in [6.45, 7) is 4.86. The topological polar surface area (TPSA) is 86.8 Å². The highest BCUT2D eigenvalue weighted by Gasteiger charge is 2.34. The Kier molecular flexibility index (Phi) is 11.0. The number of anilines is 1. The summed E-state index contributed by atoms with van der Waals surface area (Å²) in [4.78, 5) is 28.6. The molecule has 0 heterocycles. The van der Waals surface area contributed by atoms with Crippen LogP contribution in [0.2, 0.25) is 10.0 Å². The van der Waals surface area contributed by atoms with Crippen molar-refractivity contribution in [2.24, 2.45) is 0 Å². The summed E-state index contributed by atoms with van der Waals surface area (Å²) in [5, 5.41) is 3.23. The molecule has 0 unspecified atom stereocenters. The number of hydrogen-bond acceptors (Lipinski definition) is 4. The van der Waals surface area contributed by atoms with E-state index >= 15 is 0 Å². The van der Waals surface area contributed by atoms with Crippen molar-refractivity contribution in [3.8, 4) is 0 Å². The highest BCUT2D eigenvalue weighted by atomic mass is 35.5. The Morgan fingerprint density at radius 1 is 0.950 bits per heavy atom. The molecule has 0 spiro atoms. The standard InChI is InChI=1S/C29H32Cl2FN3O4S/c1-4-20(3)33-29(37)26(5-2)34(18-21-11-14-23(32)15-12-21)28(36)19-35(27-16-13-22(30)17-25(27)31)40(38,39)24-9-7-6-8-10-24/h6-17,20,26H,4-5,18-19H2,1-3H3,(H,33,37)/t20-,26+/m0/s1. The highest BCUT2D eigenvalue weighted by Crippen LogP contribution is 2.33. The quantitative estimate of drug-likeness (QED) is 0.271. The predicted molar refractivity (Wildman–Crippen MR) is 156 cm³/mol. The number of benzene rings is 3. The molecular weight excluding hydrogens is 576 g/mol. The smallest absolute Gasteiger partial charge is 0.264 e. The van der Waals surface area contributed by atoms with Gasteiger partial charge in [-0.25, -0.2) is 12.8 Å². The van der Waals surface area contributed by atoms with E-state index in [4.69, 9.17) is 23.2 Å². The zero-order valence-corrected chi connectivity index (χ0v) is 24.8. The van der Waals surface area contributed by atoms with Gasteiger partial charge >= 0.3 is 0 Å². The number of carbonyl (C=O) groups is 2. The number of nitrogens with one attached hydrogen (secondary N) is 1. The Hall–Kier alpha value is -3.14. The number of carbonyl (C=O) groups excluding carboxylic acids is 2. The number of amides is 2. The molecule has 214 valence electrons. The molecule has 1 N–H and O–H groups in total. The van der Waals surface area contributed by atoms with Crippen molar-refractivity contribution in [2.45, 2.75) is 57.1 Å². The molecule has 0 fully saturated rings. The lowest BCUT2D eigenvalue weighted by Gasteiger charge is -2.34. The van der Waals surface area contributed by atoms with Crippen LogP contribution in [-0.2, 0) is 26.2 Å². The lowest BCUT2D eigenvalue weighted by molar-refractivity contribution is -0.140. The summed E-state index contributed by atoms with van der Waals surface area (Å²) in [5.41, 5.74) is 0.633. The van der Waals surface area contributed by atoms with Crippen molar-refractivity contribution in [2.75, 3.05) is 10.8 Å². The Morgan fingerprint density at radius 3 is 2.17 bits per heavy atom. The molecule has 11 heteroatoms. The maximum atomic E-state index is 14.0. The normalized spacial score (nSPS) is 12.8. The summed E-state index contributed by atoms with van der Waals surface area (Å²) < 4.78 is 42.2. The summed E-state index contributed by atoms with van der Waals surface area (Å²) in [5.74, 6) is -1.45. The van der Waals surface area contributed by atoms with Crippen LogP contribution in [0, 0.1) is 5.82 Å². The third-order valence-electron chi connectivity index (χ3n) is 6.44. The van der Waals surface area contributed by atoms with Gasteiger partial charge in [0.15, 0.2) is 0 Å². The van der Waals surface area contributed by atoms with Gasteiger partial charge in [0.1, 0.15) is 18.4 Å². The minimum Gasteiger partial charge on any atom is -0.352 e. The zero-order chi connectivity index (χ0) is 29.4. The molecule has 0 aliphatic heterocycles. The Morgan fingerprint density at radius 2 is 1.60 bits per heavy atom. The SMILES string of the molecule is CC[C@H](C(=O)N[C@@H](C)CC)N(Cc1ccc(F)cc1)C(=O)CN(c1ccc(Cl)cc1Cl)S(=O)(=O)c1ccccc1. The Balaban J connectivity index is 2.07. The fourth-order valence-corrected chi connectivity index (χ4v) is 6.08. The maximum absolute atomic E-state index is 14.0. The van der Waals surface area contributed by atoms with Crippen LogP contribution in [0.3, 0.4) is 0 Å². The fraction of sp³-hybridized carbons (Fsp3) is 0.310. The minimum atomic E-state index is -4.26. The molecule has 3 rings (SSSR count). The zero-order valence-electron chi connectivity index (χ0n) is 22.5. The molecule has 40 heavy (non-hydrogen) atoms. The van der Waals surface area contributed by atoms with Crippen LogP contribution in [0.4, 0.5) is 10.1 Å². The van der Waals surface area contributed by atoms with Gasteiger partial charge in [-0.05, 0) is 67.8 Å². The Bertz CT molecular complexity index is 1420. The van der Waals surface area contributed by atoms with Gasteiger partial charge in [-0.15, -0.1) is 0 Å². The van der Waals surface area contributed by atoms with Gasteiger partial charge in [0.25, 0.3) is 10.0 Å². The van der Waals surface area contributed by atoms with E-state index in [0.717, 1.165) is 4.31 Å². The lowest BCUT2D eigenvalue weighted by Crippen LogP contribution is -2.53. The first-order valence-electron chi connectivity index (χ1n) is 12.8. The molecule has 7 nitrogen and oxygen atoms in total. The van der Waals surface area contributed by atoms with Crippen molar-refractivity contribution >= 4 is 50.7 Å². The maximum Gasteiger partial charge on any atom is 0.264 e. The molecule has 0 saturated heterocycles. The first kappa shape index (κ1) is 31.4. The number of nitrogens with zero attached hydrogens (tertiary/aromatic N) is 2. The van der Waals surface area contributed by atoms with Crippen LogP contribution < -0.4 is 9.62 Å². The first-order valence-corrected chi connectivity index (χ1v) is 15.0. The van der Waals surface area contributed by atoms with Gasteiger partial charge < -0.3 is 10.2 Å². The van der Waals surface area contributed by atoms with Crippen LogP contribution in [0.25, 0.3) is 0 Å². The highest BCUT2D eigenvalue weighted by molar-refractivity contribution is 7.92. The second-order valence-electron chi connectivity index (χ2n) is 9.31. The fourth-order valence-electron chi connectivity index (χ4n) is 4.06. The molecule has 0 aromatic heterocycles. The minimum absolute atomic E-state index is 0.0337. The Labute approximate surface area is 244 Å². The van der Waals surface area contributed by atoms with Gasteiger partial charge in [0.05, 0.1) is 15.6 Å². The average Bonchev–Trinajstić information content (AvgIpc) is 2.93. The monoisotopic (exact) mass is 607 g/mol. The molecule has 3 aromatic rings. The van der Waals surface area contributed by atoms with E-state index in [1.807, 2.05) is 13.8 Å². The first-order chi connectivity index (χ1) is 19.0. The van der Waals surface area contributed by atoms with Crippen LogP contribution in [0.1, 0.15) is 39.2 Å². The second kappa shape index (κ2) is 14.0. The number of rotatable bonds is 12. The van der Waals surface area contributed by atoms with Crippen molar-refractivity contribution in [3.05, 3.63) is 94.2 Å². The average molecular weight is 609 g/mol. The van der Waals surface area contributed by atoms with E-state index in [0.29, 0.717) is 17.0 Å². The van der Waals surface area contributed by atoms with Gasteiger partial charge in [-0.3, -0.25) is 13.9 Å². The summed E-state index contributed by atoms with van der Waals surface area (Å²) in [6.07, 6.45) is 0.953. The number of sulfonamides is 1. The van der Waals surface area contributed by atoms with Gasteiger partial charge in [0.2, 0.25) is 11.8 Å². The molecule has 0 saturated carbocycles. The van der Waals surface area contributed by atoms with E-state index in [1.54, 1.807) is 25.1 Å². The van der Waals surface area contributed by atoms with E-state index in [1.165, 1.54) is 59.5 Å². The molecule has 0 radical (unpaired) electrons. The predicted octanol–water partition coefficient (Wildman–Crippen LogP) is 6.05. The van der Waals surface area contributed by atoms with Crippen molar-refractivity contribution in [1.29, 1.82) is 0 Å². The molecule has 0 bridgehead atoms. The molecule has 0 aliphatic carbocycles. The molecule has 3 aromatic carbocycles. The molecule has 2 amide bonds. The molecular formula is C29H32Cl2FN3O4S. The van der Waals surface area contributed by atoms with E-state index in [-0.39, 0.29) is 40.5 Å². The third kappa shape index (κ3) is 7.74. The van der Waals surface area contributed by atoms with E-state index < -0.39 is 34.3 Å². The largest absolute Gasteiger partial charge is 0.352 e. The van der Waals surface area contributed by atoms with Crippen LogP contribution in [0.15, 0.2) is 77.7 Å². The van der Waals surface area contributed by atoms with E-state index in [9.17, 15) is 22.4 Å².